The minimum atomic E-state index is -0.0450. The number of hydrogen-bond donors (Lipinski definition) is 1. The molecule has 1 amide bonds. The van der Waals surface area contributed by atoms with Crippen LogP contribution >= 0.6 is 0 Å². The van der Waals surface area contributed by atoms with Gasteiger partial charge in [-0.25, -0.2) is 4.98 Å². The van der Waals surface area contributed by atoms with E-state index in [0.29, 0.717) is 17.9 Å². The summed E-state index contributed by atoms with van der Waals surface area (Å²) < 4.78 is 5.21. The molecular weight excluding hydrogens is 256 g/mol. The summed E-state index contributed by atoms with van der Waals surface area (Å²) in [5.41, 5.74) is 1.52. The van der Waals surface area contributed by atoms with Gasteiger partial charge in [-0.2, -0.15) is 0 Å². The molecule has 1 aliphatic heterocycles. The molecule has 2 aromatic rings. The first kappa shape index (κ1) is 12.9. The van der Waals surface area contributed by atoms with E-state index in [-0.39, 0.29) is 18.6 Å². The molecule has 20 heavy (non-hydrogen) atoms. The first-order valence-corrected chi connectivity index (χ1v) is 6.70. The van der Waals surface area contributed by atoms with Crippen LogP contribution in [0.2, 0.25) is 0 Å². The third-order valence-corrected chi connectivity index (χ3v) is 3.70. The third kappa shape index (κ3) is 2.32. The maximum atomic E-state index is 12.4. The molecule has 0 unspecified atom stereocenters. The Hall–Kier alpha value is -2.14. The quantitative estimate of drug-likeness (QED) is 0.927. The van der Waals surface area contributed by atoms with Gasteiger partial charge in [0, 0.05) is 17.7 Å². The molecule has 1 atom stereocenters. The number of aliphatic hydroxyl groups is 1. The summed E-state index contributed by atoms with van der Waals surface area (Å²) in [6.45, 7) is 0.746. The summed E-state index contributed by atoms with van der Waals surface area (Å²) in [4.78, 5) is 18.0. The topological polar surface area (TPSA) is 66.6 Å². The summed E-state index contributed by atoms with van der Waals surface area (Å²) >= 11 is 0. The van der Waals surface area contributed by atoms with Crippen molar-refractivity contribution in [3.63, 3.8) is 0 Å². The standard InChI is InChI=1S/C15H16N2O3/c18-9-13-2-1-7-17(13)15(19)12-5-3-11(4-6-12)14-8-16-10-20-14/h3-6,8,10,13,18H,1-2,7,9H2/t13-/m1/s1. The molecule has 0 bridgehead atoms. The second-order valence-corrected chi connectivity index (χ2v) is 4.92. The number of carbonyl (C=O) groups is 1. The van der Waals surface area contributed by atoms with E-state index < -0.39 is 0 Å². The molecule has 1 aliphatic rings. The van der Waals surface area contributed by atoms with Gasteiger partial charge in [-0.3, -0.25) is 4.79 Å². The van der Waals surface area contributed by atoms with Crippen LogP contribution in [0.4, 0.5) is 0 Å². The molecule has 3 rings (SSSR count). The molecule has 1 aromatic carbocycles. The van der Waals surface area contributed by atoms with Gasteiger partial charge in [0.25, 0.3) is 5.91 Å². The van der Waals surface area contributed by atoms with Crippen LogP contribution in [0, 0.1) is 0 Å². The molecule has 0 radical (unpaired) electrons. The molecule has 5 nitrogen and oxygen atoms in total. The van der Waals surface area contributed by atoms with Crippen molar-refractivity contribution < 1.29 is 14.3 Å². The van der Waals surface area contributed by atoms with E-state index in [2.05, 4.69) is 4.98 Å². The van der Waals surface area contributed by atoms with Crippen molar-refractivity contribution in [3.05, 3.63) is 42.4 Å². The Labute approximate surface area is 116 Å². The highest BCUT2D eigenvalue weighted by molar-refractivity contribution is 5.95. The first-order valence-electron chi connectivity index (χ1n) is 6.70. The number of amides is 1. The molecule has 0 saturated carbocycles. The van der Waals surface area contributed by atoms with Crippen molar-refractivity contribution in [2.24, 2.45) is 0 Å². The molecule has 0 aliphatic carbocycles. The lowest BCUT2D eigenvalue weighted by Crippen LogP contribution is -2.37. The van der Waals surface area contributed by atoms with Gasteiger partial charge in [0.1, 0.15) is 0 Å². The summed E-state index contributed by atoms with van der Waals surface area (Å²) in [7, 11) is 0. The summed E-state index contributed by atoms with van der Waals surface area (Å²) in [5, 5.41) is 9.29. The van der Waals surface area contributed by atoms with Gasteiger partial charge in [-0.1, -0.05) is 12.1 Å². The number of nitrogens with zero attached hydrogens (tertiary/aromatic N) is 2. The van der Waals surface area contributed by atoms with Crippen LogP contribution in [0.1, 0.15) is 23.2 Å². The molecule has 1 fully saturated rings. The number of hydrogen-bond acceptors (Lipinski definition) is 4. The zero-order valence-corrected chi connectivity index (χ0v) is 11.0. The predicted molar refractivity (Wildman–Crippen MR) is 73.1 cm³/mol. The van der Waals surface area contributed by atoms with Crippen LogP contribution < -0.4 is 0 Å². The van der Waals surface area contributed by atoms with E-state index in [9.17, 15) is 9.90 Å². The maximum absolute atomic E-state index is 12.4. The van der Waals surface area contributed by atoms with Crippen molar-refractivity contribution in [1.82, 2.24) is 9.88 Å². The maximum Gasteiger partial charge on any atom is 0.254 e. The van der Waals surface area contributed by atoms with Crippen LogP contribution in [-0.2, 0) is 0 Å². The molecular formula is C15H16N2O3. The van der Waals surface area contributed by atoms with Crippen molar-refractivity contribution >= 4 is 5.91 Å². The second kappa shape index (κ2) is 5.46. The number of likely N-dealkylation sites (tertiary alicyclic amines) is 1. The van der Waals surface area contributed by atoms with Crippen LogP contribution in [0.25, 0.3) is 11.3 Å². The molecule has 2 heterocycles. The number of aliphatic hydroxyl groups excluding tert-OH is 1. The third-order valence-electron chi connectivity index (χ3n) is 3.70. The lowest BCUT2D eigenvalue weighted by Gasteiger charge is -2.23. The van der Waals surface area contributed by atoms with Crippen molar-refractivity contribution in [3.8, 4) is 11.3 Å². The fourth-order valence-corrected chi connectivity index (χ4v) is 2.59. The molecule has 1 N–H and O–H groups in total. The highest BCUT2D eigenvalue weighted by atomic mass is 16.3. The van der Waals surface area contributed by atoms with Gasteiger partial charge < -0.3 is 14.4 Å². The van der Waals surface area contributed by atoms with Crippen LogP contribution in [-0.4, -0.2) is 40.1 Å². The fourth-order valence-electron chi connectivity index (χ4n) is 2.59. The minimum Gasteiger partial charge on any atom is -0.444 e. The van der Waals surface area contributed by atoms with Gasteiger partial charge in [-0.15, -0.1) is 0 Å². The van der Waals surface area contributed by atoms with E-state index in [1.807, 2.05) is 12.1 Å². The molecule has 104 valence electrons. The Kier molecular flexibility index (Phi) is 3.52. The van der Waals surface area contributed by atoms with Crippen molar-refractivity contribution in [1.29, 1.82) is 0 Å². The van der Waals surface area contributed by atoms with Crippen LogP contribution in [0.5, 0.6) is 0 Å². The number of benzene rings is 1. The van der Waals surface area contributed by atoms with E-state index >= 15 is 0 Å². The van der Waals surface area contributed by atoms with Crippen LogP contribution in [0.3, 0.4) is 0 Å². The summed E-state index contributed by atoms with van der Waals surface area (Å²) in [5.74, 6) is 0.657. The Morgan fingerprint density at radius 3 is 2.85 bits per heavy atom. The Morgan fingerprint density at radius 1 is 1.40 bits per heavy atom. The fraction of sp³-hybridized carbons (Fsp3) is 0.333. The Morgan fingerprint density at radius 2 is 2.20 bits per heavy atom. The lowest BCUT2D eigenvalue weighted by atomic mass is 10.1. The highest BCUT2D eigenvalue weighted by Crippen LogP contribution is 2.22. The Bertz CT molecular complexity index is 578. The average molecular weight is 272 g/mol. The van der Waals surface area contributed by atoms with Gasteiger partial charge in [0.15, 0.2) is 12.2 Å². The molecule has 1 aromatic heterocycles. The zero-order valence-electron chi connectivity index (χ0n) is 11.0. The van der Waals surface area contributed by atoms with E-state index in [1.54, 1.807) is 23.2 Å². The lowest BCUT2D eigenvalue weighted by molar-refractivity contribution is 0.0677. The average Bonchev–Trinajstić information content (AvgIpc) is 3.17. The van der Waals surface area contributed by atoms with Gasteiger partial charge in [-0.05, 0) is 25.0 Å². The Balaban J connectivity index is 1.79. The summed E-state index contributed by atoms with van der Waals surface area (Å²) in [6.07, 6.45) is 4.84. The van der Waals surface area contributed by atoms with Gasteiger partial charge >= 0.3 is 0 Å². The minimum absolute atomic E-state index is 0.0225. The van der Waals surface area contributed by atoms with Crippen LogP contribution in [0.15, 0.2) is 41.3 Å². The monoisotopic (exact) mass is 272 g/mol. The van der Waals surface area contributed by atoms with E-state index in [4.69, 9.17) is 4.42 Å². The van der Waals surface area contributed by atoms with Gasteiger partial charge in [0.05, 0.1) is 18.8 Å². The van der Waals surface area contributed by atoms with E-state index in [1.165, 1.54) is 6.39 Å². The second-order valence-electron chi connectivity index (χ2n) is 4.92. The van der Waals surface area contributed by atoms with Gasteiger partial charge in [0.2, 0.25) is 0 Å². The molecule has 1 saturated heterocycles. The van der Waals surface area contributed by atoms with Crippen molar-refractivity contribution in [2.75, 3.05) is 13.2 Å². The first-order chi connectivity index (χ1) is 9.79. The van der Waals surface area contributed by atoms with Crippen molar-refractivity contribution in [2.45, 2.75) is 18.9 Å². The number of oxazole rings is 1. The molecule has 0 spiro atoms. The number of carbonyl (C=O) groups excluding carboxylic acids is 1. The SMILES string of the molecule is O=C(c1ccc(-c2cnco2)cc1)N1CCC[C@@H]1CO. The normalized spacial score (nSPS) is 18.4. The number of rotatable bonds is 3. The zero-order chi connectivity index (χ0) is 13.9. The smallest absolute Gasteiger partial charge is 0.254 e. The summed E-state index contributed by atoms with van der Waals surface area (Å²) in [6, 6.07) is 7.21. The predicted octanol–water partition coefficient (Wildman–Crippen LogP) is 1.94. The van der Waals surface area contributed by atoms with E-state index in [0.717, 1.165) is 18.4 Å². The highest BCUT2D eigenvalue weighted by Gasteiger charge is 2.28. The largest absolute Gasteiger partial charge is 0.444 e. The molecule has 5 heteroatoms. The number of aromatic nitrogens is 1.